The lowest BCUT2D eigenvalue weighted by Gasteiger charge is -2.45. The number of carbonyl (C=O) groups excluding carboxylic acids is 1. The Bertz CT molecular complexity index is 1600. The molecule has 2 aromatic heterocycles. The molecular formula is C32H278ClN7O2S. The summed E-state index contributed by atoms with van der Waals surface area (Å²) in [5.41, 5.74) is 4.74. The minimum atomic E-state index is -0.148. The van der Waals surface area contributed by atoms with Crippen molar-refractivity contribution in [2.24, 2.45) is 0 Å². The number of halogens is 1. The Morgan fingerprint density at radius 1 is 1.12 bits per heavy atom. The van der Waals surface area contributed by atoms with Crippen LogP contribution in [-0.4, -0.2) is 76.2 Å². The standard InChI is InChI=1S/C32H46ClN7O2S.116H2/c1-17(2)27-22(8)19(5)13-24(33)28(27)38(10)31(42)29-23(9)34-32(43-29)36-25-14-26(37-30(35-25)18(3)4)40-20(6)15-39(11-12-41)16-21(40)7;;;;;;;;;;;;;;;;;;;;;;;;;;;;;;;;;;;;;;;;;;;;;;;;;;;;;;;;;;;;;;;;;;;;;;;;;;;;;;;;;;;;;;;;;;;;;;;;;;;;;;;;;;;;;;;;;;;;/h13-14,17-18,20-21,41H,11-12,15-16H2,1-10H3,(H,34,35,36,37);116*1H. The Morgan fingerprint density at radius 2 is 1.77 bits per heavy atom. The Kier molecular flexibility index (Phi) is 10.4. The van der Waals surface area contributed by atoms with Gasteiger partial charge in [-0.25, -0.2) is 15.0 Å². The quantitative estimate of drug-likeness (QED) is 0.220. The number of thiazole rings is 1. The molecule has 0 bridgehead atoms. The summed E-state index contributed by atoms with van der Waals surface area (Å²) in [5.74, 6) is 2.43. The molecule has 1 fully saturated rings. The number of aliphatic hydroxyl groups is 1. The van der Waals surface area contributed by atoms with E-state index in [-0.39, 0.29) is 202 Å². The molecule has 1 aromatic carbocycles. The van der Waals surface area contributed by atoms with Gasteiger partial charge in [0.25, 0.3) is 5.91 Å². The fraction of sp³-hybridized carbons (Fsp3) is 0.562. The predicted molar refractivity (Wildman–Crippen MR) is 424 cm³/mol. The predicted octanol–water partition coefficient (Wildman–Crippen LogP) is 35.2. The monoisotopic (exact) mass is 861 g/mol. The van der Waals surface area contributed by atoms with Crippen LogP contribution in [0.4, 0.5) is 22.5 Å². The van der Waals surface area contributed by atoms with Gasteiger partial charge in [0, 0.05) is 216 Å². The third-order valence-corrected chi connectivity index (χ3v) is 9.53. The van der Waals surface area contributed by atoms with Gasteiger partial charge in [-0.3, -0.25) is 9.69 Å². The van der Waals surface area contributed by atoms with Gasteiger partial charge in [0.2, 0.25) is 0 Å². The number of nitrogens with one attached hydrogen (secondary N) is 1. The van der Waals surface area contributed by atoms with Crippen LogP contribution < -0.4 is 15.1 Å². The number of anilines is 4. The van der Waals surface area contributed by atoms with Gasteiger partial charge in [0.05, 0.1) is 23.0 Å². The fourth-order valence-corrected chi connectivity index (χ4v) is 7.40. The van der Waals surface area contributed by atoms with Crippen molar-refractivity contribution < 1.29 is 175 Å². The van der Waals surface area contributed by atoms with Crippen LogP contribution in [0.1, 0.15) is 257 Å². The van der Waals surface area contributed by atoms with E-state index in [1.54, 1.807) is 11.9 Å². The van der Waals surface area contributed by atoms with Crippen LogP contribution in [0.2, 0.25) is 5.02 Å². The van der Waals surface area contributed by atoms with Gasteiger partial charge >= 0.3 is 0 Å². The number of rotatable bonds is 9. The van der Waals surface area contributed by atoms with Crippen molar-refractivity contribution in [3.05, 3.63) is 50.2 Å². The molecule has 0 saturated carbocycles. The molecule has 1 aliphatic rings. The first-order chi connectivity index (χ1) is 20.2. The molecule has 11 heteroatoms. The highest BCUT2D eigenvalue weighted by Gasteiger charge is 2.31. The van der Waals surface area contributed by atoms with E-state index >= 15 is 0 Å². The third kappa shape index (κ3) is 6.98. The number of β-amino-alcohol motifs (C(OH)–C–C–N with tert-alkyl or cyclic N) is 1. The van der Waals surface area contributed by atoms with Crippen LogP contribution >= 0.6 is 22.9 Å². The van der Waals surface area contributed by atoms with Crippen LogP contribution in [-0.2, 0) is 0 Å². The molecule has 1 aliphatic heterocycles. The van der Waals surface area contributed by atoms with Crippen molar-refractivity contribution in [2.45, 2.75) is 86.2 Å². The van der Waals surface area contributed by atoms with Crippen molar-refractivity contribution in [2.75, 3.05) is 48.4 Å². The Balaban J connectivity index is -0.00000000164. The third-order valence-electron chi connectivity index (χ3n) is 8.18. The summed E-state index contributed by atoms with van der Waals surface area (Å²) in [6, 6.07) is 4.33. The van der Waals surface area contributed by atoms with Crippen molar-refractivity contribution in [1.29, 1.82) is 0 Å². The molecule has 3 aromatic rings. The second-order valence-corrected chi connectivity index (χ2v) is 13.8. The SMILES string of the molecule is Cc1cc(Cl)c(N(C)C(=O)c2sc(Nc3cc(N4C(C)CN(CCO)CC4C)nc(C(C)C)n3)nc2C)c(C(C)C)c1C.[HH].[HH].[HH].[HH].[HH].[HH].[HH].[HH].[HH].[HH].[HH].[HH].[HH].[HH].[HH].[HH].[HH].[HH].[HH].[HH].[HH].[HH].[HH].[HH].[HH].[HH].[HH].[HH].[HH].[HH].[HH].[HH].[HH].[HH].[HH].[HH].[HH].[HH].[HH].[HH].[HH].[HH].[HH].[HH].[HH].[HH].[HH].[HH].[HH].[HH].[HH].[HH].[HH].[HH].[HH].[HH].[HH].[HH].[HH].[HH].[HH].[HH].[HH].[HH].[HH].[HH].[HH].[HH].[HH].[HH].[HH].[HH].[HH].[HH].[HH].[HH].[HH].[HH].[HH].[HH].[HH].[HH].[HH].[HH].[HH].[HH].[HH].[HH].[HH].[HH].[HH].[HH].[HH].[HH].[HH].[HH].[HH].[HH].[HH].[HH].[HH].[HH].[HH].[HH].[HH].[HH].[HH].[HH].[HH].[HH].[HH].[HH].[HH].[HH].[HH].[HH]. The van der Waals surface area contributed by atoms with E-state index in [1.165, 1.54) is 11.3 Å². The van der Waals surface area contributed by atoms with Crippen molar-refractivity contribution in [1.82, 2.24) is 19.9 Å². The molecule has 2 atom stereocenters. The summed E-state index contributed by atoms with van der Waals surface area (Å²) >= 11 is 8.06. The summed E-state index contributed by atoms with van der Waals surface area (Å²) in [5, 5.41) is 14.0. The van der Waals surface area contributed by atoms with E-state index < -0.39 is 0 Å². The molecule has 3 heterocycles. The summed E-state index contributed by atoms with van der Waals surface area (Å²) in [7, 11) is 1.78. The average Bonchev–Trinajstić information content (AvgIpc) is 3.28. The molecule has 466 valence electrons. The van der Waals surface area contributed by atoms with Gasteiger partial charge < -0.3 is 20.2 Å². The highest BCUT2D eigenvalue weighted by molar-refractivity contribution is 7.17. The Morgan fingerprint density at radius 3 is 2.35 bits per heavy atom. The summed E-state index contributed by atoms with van der Waals surface area (Å²) in [6.45, 7) is 21.3. The van der Waals surface area contributed by atoms with Crippen molar-refractivity contribution in [3.8, 4) is 0 Å². The highest BCUT2D eigenvalue weighted by atomic mass is 35.5. The van der Waals surface area contributed by atoms with Gasteiger partial charge in [-0.15, -0.1) is 0 Å². The number of aliphatic hydroxyl groups excluding tert-OH is 1. The molecule has 2 N–H and O–H groups in total. The molecular weight excluding hydrogens is 582 g/mol. The number of carbonyl (C=O) groups is 1. The lowest BCUT2D eigenvalue weighted by molar-refractivity contribution is 0.0996. The van der Waals surface area contributed by atoms with Gasteiger partial charge in [-0.1, -0.05) is 50.6 Å². The number of benzene rings is 1. The van der Waals surface area contributed by atoms with E-state index in [2.05, 4.69) is 63.6 Å². The van der Waals surface area contributed by atoms with Gasteiger partial charge in [-0.2, -0.15) is 0 Å². The molecule has 9 nitrogen and oxygen atoms in total. The molecule has 4 rings (SSSR count). The number of hydrogen-bond donors (Lipinski definition) is 2. The zero-order valence-corrected chi connectivity index (χ0v) is 28.7. The number of amides is 1. The first-order valence-electron chi connectivity index (χ1n) is 15.1. The lowest BCUT2D eigenvalue weighted by Crippen LogP contribution is -2.57. The lowest BCUT2D eigenvalue weighted by atomic mass is 9.92. The molecule has 1 saturated heterocycles. The number of nitrogens with zero attached hydrogens (tertiary/aromatic N) is 6. The number of hydrogen-bond acceptors (Lipinski definition) is 9. The summed E-state index contributed by atoms with van der Waals surface area (Å²) < 4.78 is 0. The second-order valence-electron chi connectivity index (χ2n) is 12.4. The number of piperazine rings is 1. The molecule has 1 amide bonds. The summed E-state index contributed by atoms with van der Waals surface area (Å²) in [4.78, 5) is 35.2. The maximum absolute atomic E-state index is 13.9. The second kappa shape index (κ2) is 13.5. The van der Waals surface area contributed by atoms with E-state index in [0.29, 0.717) is 33.1 Å². The summed E-state index contributed by atoms with van der Waals surface area (Å²) in [6.07, 6.45) is 0. The van der Waals surface area contributed by atoms with E-state index in [0.717, 1.165) is 47.1 Å². The molecule has 0 radical (unpaired) electrons. The zero-order chi connectivity index (χ0) is 31.7. The highest BCUT2D eigenvalue weighted by Crippen LogP contribution is 2.40. The van der Waals surface area contributed by atoms with Crippen molar-refractivity contribution >= 4 is 51.3 Å². The minimum Gasteiger partial charge on any atom is -0.395 e. The number of aryl methyl sites for hydroxylation is 2. The largest absolute Gasteiger partial charge is 0.395 e. The zero-order valence-electron chi connectivity index (χ0n) is 27.1. The normalized spacial score (nSPS) is 17.7. The van der Waals surface area contributed by atoms with Gasteiger partial charge in [0.15, 0.2) is 5.13 Å². The smallest absolute Gasteiger partial charge is 0.270 e. The van der Waals surface area contributed by atoms with Crippen LogP contribution in [0.5, 0.6) is 0 Å². The first-order valence-corrected chi connectivity index (χ1v) is 16.2. The number of aromatic nitrogens is 3. The Hall–Kier alpha value is -2.79. The maximum atomic E-state index is 13.9. The molecule has 0 aliphatic carbocycles. The van der Waals surface area contributed by atoms with Crippen LogP contribution in [0.25, 0.3) is 0 Å². The average molecular weight is 862 g/mol. The molecule has 0 spiro atoms. The Labute approximate surface area is 437 Å². The van der Waals surface area contributed by atoms with E-state index in [1.807, 2.05) is 26.0 Å². The van der Waals surface area contributed by atoms with Crippen LogP contribution in [0, 0.1) is 20.8 Å². The minimum absolute atomic E-state index is 0. The first kappa shape index (κ1) is 33.1. The fourth-order valence-electron chi connectivity index (χ4n) is 6.06. The topological polar surface area (TPSA) is 97.7 Å². The molecule has 43 heavy (non-hydrogen) atoms. The van der Waals surface area contributed by atoms with Crippen molar-refractivity contribution in [3.63, 3.8) is 0 Å². The van der Waals surface area contributed by atoms with Crippen LogP contribution in [0.3, 0.4) is 0 Å². The van der Waals surface area contributed by atoms with E-state index in [9.17, 15) is 9.90 Å². The van der Waals surface area contributed by atoms with Crippen LogP contribution in [0.15, 0.2) is 12.1 Å². The van der Waals surface area contributed by atoms with Gasteiger partial charge in [-0.05, 0) is 63.3 Å². The maximum Gasteiger partial charge on any atom is 0.270 e. The van der Waals surface area contributed by atoms with Gasteiger partial charge in [0.1, 0.15) is 22.3 Å². The van der Waals surface area contributed by atoms with E-state index in [4.69, 9.17) is 26.6 Å². The molecule has 2 unspecified atom stereocenters.